The molecule has 2 aliphatic heterocycles. The van der Waals surface area contributed by atoms with E-state index in [1.807, 2.05) is 0 Å². The van der Waals surface area contributed by atoms with Gasteiger partial charge in [0.05, 0.1) is 12.0 Å². The van der Waals surface area contributed by atoms with Crippen LogP contribution in [0.15, 0.2) is 29.2 Å². The Hall–Kier alpha value is -1.11. The molecule has 1 aromatic rings. The summed E-state index contributed by atoms with van der Waals surface area (Å²) in [6.07, 6.45) is 3.12. The SMILES string of the molecule is COc1ccc(S(=O)(=O)N2CCC3(CCNCC3)C2)cc1. The molecule has 6 heteroatoms. The van der Waals surface area contributed by atoms with Gasteiger partial charge in [-0.1, -0.05) is 0 Å². The van der Waals surface area contributed by atoms with Gasteiger partial charge in [-0.25, -0.2) is 8.42 Å². The van der Waals surface area contributed by atoms with Crippen LogP contribution in [0.2, 0.25) is 0 Å². The summed E-state index contributed by atoms with van der Waals surface area (Å²) in [5.74, 6) is 0.671. The number of sulfonamides is 1. The van der Waals surface area contributed by atoms with Crippen LogP contribution >= 0.6 is 0 Å². The van der Waals surface area contributed by atoms with Crippen molar-refractivity contribution in [2.45, 2.75) is 24.2 Å². The highest BCUT2D eigenvalue weighted by atomic mass is 32.2. The van der Waals surface area contributed by atoms with Gasteiger partial charge >= 0.3 is 0 Å². The van der Waals surface area contributed by atoms with Crippen molar-refractivity contribution < 1.29 is 13.2 Å². The highest BCUT2D eigenvalue weighted by Crippen LogP contribution is 2.40. The lowest BCUT2D eigenvalue weighted by molar-refractivity contribution is 0.218. The summed E-state index contributed by atoms with van der Waals surface area (Å²) < 4.78 is 32.2. The van der Waals surface area contributed by atoms with E-state index in [0.717, 1.165) is 32.4 Å². The molecule has 5 nitrogen and oxygen atoms in total. The first-order valence-electron chi connectivity index (χ1n) is 7.41. The van der Waals surface area contributed by atoms with E-state index < -0.39 is 10.0 Å². The van der Waals surface area contributed by atoms with Crippen LogP contribution in [-0.2, 0) is 10.0 Å². The molecule has 116 valence electrons. The second kappa shape index (κ2) is 5.59. The molecule has 21 heavy (non-hydrogen) atoms. The van der Waals surface area contributed by atoms with Gasteiger partial charge in [0.2, 0.25) is 10.0 Å². The fourth-order valence-electron chi connectivity index (χ4n) is 3.36. The number of nitrogens with one attached hydrogen (secondary N) is 1. The highest BCUT2D eigenvalue weighted by molar-refractivity contribution is 7.89. The van der Waals surface area contributed by atoms with E-state index in [1.165, 1.54) is 0 Å². The summed E-state index contributed by atoms with van der Waals surface area (Å²) >= 11 is 0. The second-order valence-corrected chi connectivity index (χ2v) is 7.95. The summed E-state index contributed by atoms with van der Waals surface area (Å²) in [6.45, 7) is 3.28. The van der Waals surface area contributed by atoms with Gasteiger partial charge in [-0.15, -0.1) is 0 Å². The first-order chi connectivity index (χ1) is 10.1. The van der Waals surface area contributed by atoms with E-state index >= 15 is 0 Å². The van der Waals surface area contributed by atoms with Crippen molar-refractivity contribution in [3.05, 3.63) is 24.3 Å². The molecular weight excluding hydrogens is 288 g/mol. The Morgan fingerprint density at radius 1 is 1.14 bits per heavy atom. The third-order valence-corrected chi connectivity index (χ3v) is 6.62. The number of hydrogen-bond donors (Lipinski definition) is 1. The van der Waals surface area contributed by atoms with Crippen molar-refractivity contribution >= 4 is 10.0 Å². The molecule has 0 atom stereocenters. The molecule has 0 aromatic heterocycles. The molecule has 0 radical (unpaired) electrons. The highest BCUT2D eigenvalue weighted by Gasteiger charge is 2.43. The minimum absolute atomic E-state index is 0.185. The third kappa shape index (κ3) is 2.80. The maximum atomic E-state index is 12.7. The van der Waals surface area contributed by atoms with Crippen LogP contribution in [0.3, 0.4) is 0 Å². The van der Waals surface area contributed by atoms with Crippen molar-refractivity contribution in [1.29, 1.82) is 0 Å². The van der Waals surface area contributed by atoms with Crippen LogP contribution in [0.1, 0.15) is 19.3 Å². The van der Waals surface area contributed by atoms with E-state index in [0.29, 0.717) is 23.7 Å². The smallest absolute Gasteiger partial charge is 0.243 e. The summed E-state index contributed by atoms with van der Waals surface area (Å²) in [5, 5.41) is 3.35. The van der Waals surface area contributed by atoms with E-state index in [1.54, 1.807) is 35.7 Å². The number of piperidine rings is 1. The lowest BCUT2D eigenvalue weighted by atomic mass is 9.78. The fraction of sp³-hybridized carbons (Fsp3) is 0.600. The largest absolute Gasteiger partial charge is 0.497 e. The number of nitrogens with zero attached hydrogens (tertiary/aromatic N) is 1. The molecule has 1 N–H and O–H groups in total. The van der Waals surface area contributed by atoms with Crippen LogP contribution in [0.25, 0.3) is 0 Å². The van der Waals surface area contributed by atoms with Crippen molar-refractivity contribution in [3.8, 4) is 5.75 Å². The molecule has 2 saturated heterocycles. The molecule has 0 unspecified atom stereocenters. The maximum absolute atomic E-state index is 12.7. The number of benzene rings is 1. The molecule has 3 rings (SSSR count). The lowest BCUT2D eigenvalue weighted by Gasteiger charge is -2.33. The Labute approximate surface area is 126 Å². The summed E-state index contributed by atoms with van der Waals surface area (Å²) in [4.78, 5) is 0.356. The predicted molar refractivity (Wildman–Crippen MR) is 80.9 cm³/mol. The van der Waals surface area contributed by atoms with Gasteiger partial charge in [0, 0.05) is 13.1 Å². The molecule has 0 aliphatic carbocycles. The van der Waals surface area contributed by atoms with E-state index in [4.69, 9.17) is 4.74 Å². The Morgan fingerprint density at radius 3 is 2.43 bits per heavy atom. The third-order valence-electron chi connectivity index (χ3n) is 4.76. The number of methoxy groups -OCH3 is 1. The molecule has 2 heterocycles. The first kappa shape index (κ1) is 14.8. The van der Waals surface area contributed by atoms with Gasteiger partial charge in [0.1, 0.15) is 5.75 Å². The van der Waals surface area contributed by atoms with Crippen molar-refractivity contribution in [3.63, 3.8) is 0 Å². The zero-order valence-electron chi connectivity index (χ0n) is 12.3. The first-order valence-corrected chi connectivity index (χ1v) is 8.85. The number of ether oxygens (including phenoxy) is 1. The zero-order chi connectivity index (χ0) is 14.9. The fourth-order valence-corrected chi connectivity index (χ4v) is 4.91. The molecule has 0 amide bonds. The average Bonchev–Trinajstić information content (AvgIpc) is 2.92. The summed E-state index contributed by atoms with van der Waals surface area (Å²) in [6, 6.07) is 6.65. The van der Waals surface area contributed by atoms with E-state index in [2.05, 4.69) is 5.32 Å². The van der Waals surface area contributed by atoms with Crippen LogP contribution in [0, 0.1) is 5.41 Å². The zero-order valence-corrected chi connectivity index (χ0v) is 13.2. The van der Waals surface area contributed by atoms with Gasteiger partial charge in [-0.3, -0.25) is 0 Å². The average molecular weight is 310 g/mol. The molecule has 1 aromatic carbocycles. The van der Waals surface area contributed by atoms with Crippen molar-refractivity contribution in [1.82, 2.24) is 9.62 Å². The standard InChI is InChI=1S/C15H22N2O3S/c1-20-13-2-4-14(5-3-13)21(18,19)17-11-8-15(12-17)6-9-16-10-7-15/h2-5,16H,6-12H2,1H3. The topological polar surface area (TPSA) is 58.6 Å². The van der Waals surface area contributed by atoms with E-state index in [-0.39, 0.29) is 5.41 Å². The van der Waals surface area contributed by atoms with Gasteiger partial charge in [-0.2, -0.15) is 4.31 Å². The quantitative estimate of drug-likeness (QED) is 0.918. The molecule has 0 saturated carbocycles. The Bertz CT molecular complexity index is 592. The van der Waals surface area contributed by atoms with Gasteiger partial charge in [-0.05, 0) is 62.0 Å². The van der Waals surface area contributed by atoms with Gasteiger partial charge < -0.3 is 10.1 Å². The Balaban J connectivity index is 1.79. The maximum Gasteiger partial charge on any atom is 0.243 e. The Kier molecular flexibility index (Phi) is 3.94. The lowest BCUT2D eigenvalue weighted by Crippen LogP contribution is -2.39. The second-order valence-electron chi connectivity index (χ2n) is 6.01. The van der Waals surface area contributed by atoms with Gasteiger partial charge in [0.25, 0.3) is 0 Å². The van der Waals surface area contributed by atoms with Crippen LogP contribution in [-0.4, -0.2) is 46.0 Å². The molecule has 2 aliphatic rings. The van der Waals surface area contributed by atoms with Crippen LogP contribution < -0.4 is 10.1 Å². The normalized spacial score (nSPS) is 22.5. The van der Waals surface area contributed by atoms with Crippen LogP contribution in [0.5, 0.6) is 5.75 Å². The summed E-state index contributed by atoms with van der Waals surface area (Å²) in [7, 11) is -1.81. The van der Waals surface area contributed by atoms with Crippen LogP contribution in [0.4, 0.5) is 0 Å². The monoisotopic (exact) mass is 310 g/mol. The van der Waals surface area contributed by atoms with E-state index in [9.17, 15) is 8.42 Å². The van der Waals surface area contributed by atoms with Crippen molar-refractivity contribution in [2.75, 3.05) is 33.3 Å². The molecule has 1 spiro atoms. The number of rotatable bonds is 3. The minimum Gasteiger partial charge on any atom is -0.497 e. The summed E-state index contributed by atoms with van der Waals surface area (Å²) in [5.41, 5.74) is 0.185. The van der Waals surface area contributed by atoms with Gasteiger partial charge in [0.15, 0.2) is 0 Å². The minimum atomic E-state index is -3.38. The van der Waals surface area contributed by atoms with Crippen molar-refractivity contribution in [2.24, 2.45) is 5.41 Å². The molecule has 0 bridgehead atoms. The molecule has 2 fully saturated rings. The predicted octanol–water partition coefficient (Wildman–Crippen LogP) is 1.46. The Morgan fingerprint density at radius 2 is 1.81 bits per heavy atom. The number of hydrogen-bond acceptors (Lipinski definition) is 4. The molecular formula is C15H22N2O3S.